The SMILES string of the molecule is Cc1nc(C(=O)N2CCC(C)CC2)cc(N2CCCCC2)n1. The van der Waals surface area contributed by atoms with E-state index in [1.807, 2.05) is 17.9 Å². The smallest absolute Gasteiger partial charge is 0.272 e. The average molecular weight is 302 g/mol. The van der Waals surface area contributed by atoms with Gasteiger partial charge >= 0.3 is 0 Å². The second kappa shape index (κ2) is 6.63. The highest BCUT2D eigenvalue weighted by atomic mass is 16.2. The normalized spacial score (nSPS) is 20.3. The van der Waals surface area contributed by atoms with Gasteiger partial charge in [0, 0.05) is 32.2 Å². The van der Waals surface area contributed by atoms with Crippen LogP contribution >= 0.6 is 0 Å². The monoisotopic (exact) mass is 302 g/mol. The number of aryl methyl sites for hydroxylation is 1. The molecule has 0 saturated carbocycles. The molecule has 0 radical (unpaired) electrons. The molecule has 0 spiro atoms. The van der Waals surface area contributed by atoms with Crippen LogP contribution in [-0.4, -0.2) is 47.0 Å². The molecule has 0 unspecified atom stereocenters. The van der Waals surface area contributed by atoms with Crippen molar-refractivity contribution in [2.24, 2.45) is 5.92 Å². The van der Waals surface area contributed by atoms with Crippen molar-refractivity contribution in [3.63, 3.8) is 0 Å². The molecule has 2 aliphatic heterocycles. The zero-order chi connectivity index (χ0) is 15.5. The zero-order valence-electron chi connectivity index (χ0n) is 13.7. The van der Waals surface area contributed by atoms with Gasteiger partial charge in [0.25, 0.3) is 5.91 Å². The second-order valence-corrected chi connectivity index (χ2v) is 6.68. The van der Waals surface area contributed by atoms with Gasteiger partial charge in [0.15, 0.2) is 0 Å². The van der Waals surface area contributed by atoms with Gasteiger partial charge in [-0.05, 0) is 44.9 Å². The zero-order valence-corrected chi connectivity index (χ0v) is 13.7. The van der Waals surface area contributed by atoms with Gasteiger partial charge in [-0.15, -0.1) is 0 Å². The maximum absolute atomic E-state index is 12.7. The fraction of sp³-hybridized carbons (Fsp3) is 0.706. The third-order valence-electron chi connectivity index (χ3n) is 4.79. The standard InChI is InChI=1S/C17H26N4O/c1-13-6-10-21(11-7-13)17(22)15-12-16(19-14(2)18-15)20-8-4-3-5-9-20/h12-13H,3-11H2,1-2H3. The number of hydrogen-bond donors (Lipinski definition) is 0. The highest BCUT2D eigenvalue weighted by molar-refractivity contribution is 5.93. The van der Waals surface area contributed by atoms with Crippen LogP contribution in [0.4, 0.5) is 5.82 Å². The molecule has 3 heterocycles. The van der Waals surface area contributed by atoms with Gasteiger partial charge in [0.1, 0.15) is 17.3 Å². The van der Waals surface area contributed by atoms with Gasteiger partial charge in [-0.3, -0.25) is 4.79 Å². The number of likely N-dealkylation sites (tertiary alicyclic amines) is 1. The van der Waals surface area contributed by atoms with Crippen LogP contribution in [0.25, 0.3) is 0 Å². The number of amides is 1. The molecule has 1 aromatic rings. The van der Waals surface area contributed by atoms with Crippen molar-refractivity contribution >= 4 is 11.7 Å². The molecular formula is C17H26N4O. The summed E-state index contributed by atoms with van der Waals surface area (Å²) in [6.45, 7) is 7.90. The lowest BCUT2D eigenvalue weighted by Crippen LogP contribution is -2.38. The topological polar surface area (TPSA) is 49.3 Å². The maximum atomic E-state index is 12.7. The molecule has 22 heavy (non-hydrogen) atoms. The van der Waals surface area contributed by atoms with E-state index in [4.69, 9.17) is 0 Å². The quantitative estimate of drug-likeness (QED) is 0.842. The Labute approximate surface area is 132 Å². The molecule has 0 N–H and O–H groups in total. The lowest BCUT2D eigenvalue weighted by Gasteiger charge is -2.31. The van der Waals surface area contributed by atoms with Crippen molar-refractivity contribution in [1.29, 1.82) is 0 Å². The summed E-state index contributed by atoms with van der Waals surface area (Å²) in [4.78, 5) is 25.9. The number of rotatable bonds is 2. The minimum absolute atomic E-state index is 0.0654. The lowest BCUT2D eigenvalue weighted by atomic mass is 9.99. The summed E-state index contributed by atoms with van der Waals surface area (Å²) in [5, 5.41) is 0. The van der Waals surface area contributed by atoms with Crippen molar-refractivity contribution in [3.8, 4) is 0 Å². The van der Waals surface area contributed by atoms with Crippen LogP contribution in [0.5, 0.6) is 0 Å². The highest BCUT2D eigenvalue weighted by Crippen LogP contribution is 2.21. The van der Waals surface area contributed by atoms with Crippen molar-refractivity contribution in [1.82, 2.24) is 14.9 Å². The van der Waals surface area contributed by atoms with Gasteiger partial charge in [-0.25, -0.2) is 9.97 Å². The number of nitrogens with zero attached hydrogens (tertiary/aromatic N) is 4. The first kappa shape index (κ1) is 15.3. The van der Waals surface area contributed by atoms with Crippen molar-refractivity contribution in [2.45, 2.75) is 46.0 Å². The molecule has 1 amide bonds. The summed E-state index contributed by atoms with van der Waals surface area (Å²) in [6.07, 6.45) is 5.88. The third-order valence-corrected chi connectivity index (χ3v) is 4.79. The van der Waals surface area contributed by atoms with Crippen LogP contribution in [-0.2, 0) is 0 Å². The van der Waals surface area contributed by atoms with Gasteiger partial charge in [0.05, 0.1) is 0 Å². The summed E-state index contributed by atoms with van der Waals surface area (Å²) in [7, 11) is 0. The molecule has 1 aromatic heterocycles. The summed E-state index contributed by atoms with van der Waals surface area (Å²) < 4.78 is 0. The Bertz CT molecular complexity index is 531. The number of piperidine rings is 2. The van der Waals surface area contributed by atoms with E-state index in [0.717, 1.165) is 50.8 Å². The molecule has 3 rings (SSSR count). The molecule has 0 aliphatic carbocycles. The molecule has 5 nitrogen and oxygen atoms in total. The summed E-state index contributed by atoms with van der Waals surface area (Å²) in [5.74, 6) is 2.40. The van der Waals surface area contributed by atoms with E-state index in [0.29, 0.717) is 11.5 Å². The minimum atomic E-state index is 0.0654. The second-order valence-electron chi connectivity index (χ2n) is 6.68. The molecule has 0 aromatic carbocycles. The van der Waals surface area contributed by atoms with E-state index in [-0.39, 0.29) is 5.91 Å². The predicted molar refractivity (Wildman–Crippen MR) is 87.1 cm³/mol. The molecule has 2 saturated heterocycles. The summed E-state index contributed by atoms with van der Waals surface area (Å²) in [5.41, 5.74) is 0.558. The first-order valence-corrected chi connectivity index (χ1v) is 8.53. The van der Waals surface area contributed by atoms with E-state index in [1.165, 1.54) is 19.3 Å². The van der Waals surface area contributed by atoms with E-state index < -0.39 is 0 Å². The van der Waals surface area contributed by atoms with E-state index in [1.54, 1.807) is 0 Å². The molecule has 2 aliphatic rings. The number of carbonyl (C=O) groups is 1. The van der Waals surface area contributed by atoms with E-state index in [2.05, 4.69) is 21.8 Å². The number of aromatic nitrogens is 2. The van der Waals surface area contributed by atoms with Gasteiger partial charge in [0.2, 0.25) is 0 Å². The summed E-state index contributed by atoms with van der Waals surface area (Å²) >= 11 is 0. The van der Waals surface area contributed by atoms with Crippen molar-refractivity contribution < 1.29 is 4.79 Å². The third kappa shape index (κ3) is 3.39. The summed E-state index contributed by atoms with van der Waals surface area (Å²) in [6, 6.07) is 1.89. The largest absolute Gasteiger partial charge is 0.356 e. The lowest BCUT2D eigenvalue weighted by molar-refractivity contribution is 0.0691. The minimum Gasteiger partial charge on any atom is -0.356 e. The Morgan fingerprint density at radius 2 is 1.77 bits per heavy atom. The predicted octanol–water partition coefficient (Wildman–Crippen LogP) is 2.65. The fourth-order valence-electron chi connectivity index (χ4n) is 3.32. The molecule has 120 valence electrons. The highest BCUT2D eigenvalue weighted by Gasteiger charge is 2.24. The van der Waals surface area contributed by atoms with Crippen LogP contribution in [0.15, 0.2) is 6.07 Å². The van der Waals surface area contributed by atoms with Gasteiger partial charge < -0.3 is 9.80 Å². The molecule has 2 fully saturated rings. The van der Waals surface area contributed by atoms with E-state index >= 15 is 0 Å². The van der Waals surface area contributed by atoms with Crippen LogP contribution in [0.1, 0.15) is 55.3 Å². The number of anilines is 1. The Balaban J connectivity index is 1.78. The van der Waals surface area contributed by atoms with Crippen LogP contribution < -0.4 is 4.90 Å². The Morgan fingerprint density at radius 3 is 2.45 bits per heavy atom. The van der Waals surface area contributed by atoms with Gasteiger partial charge in [-0.2, -0.15) is 0 Å². The molecule has 0 atom stereocenters. The molecule has 0 bridgehead atoms. The first-order valence-electron chi connectivity index (χ1n) is 8.53. The Morgan fingerprint density at radius 1 is 1.09 bits per heavy atom. The maximum Gasteiger partial charge on any atom is 0.272 e. The number of hydrogen-bond acceptors (Lipinski definition) is 4. The van der Waals surface area contributed by atoms with Gasteiger partial charge in [-0.1, -0.05) is 6.92 Å². The van der Waals surface area contributed by atoms with Crippen LogP contribution in [0, 0.1) is 12.8 Å². The first-order chi connectivity index (χ1) is 10.6. The average Bonchev–Trinajstić information content (AvgIpc) is 2.55. The van der Waals surface area contributed by atoms with Crippen molar-refractivity contribution in [3.05, 3.63) is 17.6 Å². The molecule has 5 heteroatoms. The Hall–Kier alpha value is -1.65. The van der Waals surface area contributed by atoms with E-state index in [9.17, 15) is 4.79 Å². The van der Waals surface area contributed by atoms with Crippen molar-refractivity contribution in [2.75, 3.05) is 31.1 Å². The number of carbonyl (C=O) groups excluding carboxylic acids is 1. The molecular weight excluding hydrogens is 276 g/mol. The van der Waals surface area contributed by atoms with Crippen LogP contribution in [0.3, 0.4) is 0 Å². The van der Waals surface area contributed by atoms with Crippen LogP contribution in [0.2, 0.25) is 0 Å². The fourth-order valence-corrected chi connectivity index (χ4v) is 3.32. The Kier molecular flexibility index (Phi) is 4.60.